The second kappa shape index (κ2) is 4.26. The zero-order chi connectivity index (χ0) is 12.8. The van der Waals surface area contributed by atoms with Crippen molar-refractivity contribution in [2.45, 2.75) is 25.7 Å². The van der Waals surface area contributed by atoms with Gasteiger partial charge in [0, 0.05) is 28.7 Å². The molecule has 1 N–H and O–H groups in total. The summed E-state index contributed by atoms with van der Waals surface area (Å²) in [7, 11) is 0. The van der Waals surface area contributed by atoms with Gasteiger partial charge in [-0.05, 0) is 31.0 Å². The summed E-state index contributed by atoms with van der Waals surface area (Å²) in [6.07, 6.45) is 5.38. The summed E-state index contributed by atoms with van der Waals surface area (Å²) < 4.78 is 0.838. The Morgan fingerprint density at radius 3 is 2.50 bits per heavy atom. The molecule has 1 saturated heterocycles. The van der Waals surface area contributed by atoms with Gasteiger partial charge in [-0.15, -0.1) is 0 Å². The van der Waals surface area contributed by atoms with Gasteiger partial charge in [-0.2, -0.15) is 0 Å². The maximum Gasteiger partial charge on any atom is 0.335 e. The zero-order valence-corrected chi connectivity index (χ0v) is 11.7. The minimum Gasteiger partial charge on any atom is -0.478 e. The van der Waals surface area contributed by atoms with E-state index in [2.05, 4.69) is 20.8 Å². The Kier molecular flexibility index (Phi) is 2.85. The molecular weight excluding hydrogens is 294 g/mol. The van der Waals surface area contributed by atoms with E-state index in [1.165, 1.54) is 25.7 Å². The van der Waals surface area contributed by atoms with Crippen molar-refractivity contribution < 1.29 is 9.90 Å². The Morgan fingerprint density at radius 2 is 1.89 bits per heavy atom. The van der Waals surface area contributed by atoms with Crippen LogP contribution in [0.2, 0.25) is 0 Å². The van der Waals surface area contributed by atoms with Gasteiger partial charge in [0.05, 0.1) is 5.56 Å². The van der Waals surface area contributed by atoms with E-state index in [4.69, 9.17) is 5.11 Å². The Hall–Kier alpha value is -1.03. The molecule has 3 nitrogen and oxygen atoms in total. The number of nitrogens with zero attached hydrogens (tertiary/aromatic N) is 1. The van der Waals surface area contributed by atoms with Gasteiger partial charge in [0.1, 0.15) is 0 Å². The highest BCUT2D eigenvalue weighted by molar-refractivity contribution is 9.10. The first-order chi connectivity index (χ1) is 8.58. The molecule has 2 fully saturated rings. The van der Waals surface area contributed by atoms with Crippen LogP contribution in [0.1, 0.15) is 36.0 Å². The average molecular weight is 310 g/mol. The third kappa shape index (κ3) is 2.03. The minimum absolute atomic E-state index is 0.353. The first kappa shape index (κ1) is 12.0. The lowest BCUT2D eigenvalue weighted by molar-refractivity contribution is 0.0697. The molecule has 2 aliphatic rings. The maximum atomic E-state index is 11.0. The first-order valence-corrected chi connectivity index (χ1v) is 7.16. The van der Waals surface area contributed by atoms with E-state index in [9.17, 15) is 4.79 Å². The molecule has 1 aliphatic heterocycles. The summed E-state index contributed by atoms with van der Waals surface area (Å²) >= 11 is 3.39. The summed E-state index contributed by atoms with van der Waals surface area (Å²) in [5, 5.41) is 9.07. The van der Waals surface area contributed by atoms with Gasteiger partial charge >= 0.3 is 5.97 Å². The van der Waals surface area contributed by atoms with Crippen molar-refractivity contribution in [1.29, 1.82) is 0 Å². The van der Waals surface area contributed by atoms with Crippen LogP contribution in [0, 0.1) is 5.41 Å². The van der Waals surface area contributed by atoms with Crippen LogP contribution in [0.15, 0.2) is 22.7 Å². The molecule has 1 saturated carbocycles. The molecule has 18 heavy (non-hydrogen) atoms. The van der Waals surface area contributed by atoms with E-state index in [-0.39, 0.29) is 0 Å². The number of benzene rings is 1. The third-order valence-corrected chi connectivity index (χ3v) is 4.67. The molecule has 0 bridgehead atoms. The van der Waals surface area contributed by atoms with Crippen LogP contribution in [0.5, 0.6) is 0 Å². The van der Waals surface area contributed by atoms with Crippen molar-refractivity contribution >= 4 is 27.6 Å². The molecular formula is C14H16BrNO2. The van der Waals surface area contributed by atoms with Crippen LogP contribution in [0.25, 0.3) is 0 Å². The van der Waals surface area contributed by atoms with E-state index in [0.717, 1.165) is 23.2 Å². The highest BCUT2D eigenvalue weighted by Crippen LogP contribution is 2.47. The summed E-state index contributed by atoms with van der Waals surface area (Å²) in [5.41, 5.74) is 1.91. The van der Waals surface area contributed by atoms with Gasteiger partial charge < -0.3 is 10.0 Å². The van der Waals surface area contributed by atoms with E-state index >= 15 is 0 Å². The molecule has 1 aromatic rings. The molecule has 1 spiro atoms. The van der Waals surface area contributed by atoms with Crippen molar-refractivity contribution in [3.8, 4) is 0 Å². The molecule has 0 atom stereocenters. The summed E-state index contributed by atoms with van der Waals surface area (Å²) in [4.78, 5) is 13.3. The fourth-order valence-electron chi connectivity index (χ4n) is 3.27. The van der Waals surface area contributed by atoms with Gasteiger partial charge in [-0.3, -0.25) is 0 Å². The van der Waals surface area contributed by atoms with Gasteiger partial charge in [0.2, 0.25) is 0 Å². The smallest absolute Gasteiger partial charge is 0.335 e. The highest BCUT2D eigenvalue weighted by Gasteiger charge is 2.44. The molecule has 0 radical (unpaired) electrons. The third-order valence-electron chi connectivity index (χ3n) is 4.21. The SMILES string of the molecule is O=C(O)c1cc(Br)cc(N2CC3(CCCC3)C2)c1. The highest BCUT2D eigenvalue weighted by atomic mass is 79.9. The molecule has 96 valence electrons. The number of hydrogen-bond donors (Lipinski definition) is 1. The number of rotatable bonds is 2. The Balaban J connectivity index is 1.79. The Labute approximate surface area is 115 Å². The zero-order valence-electron chi connectivity index (χ0n) is 10.2. The number of halogens is 1. The Bertz CT molecular complexity index is 487. The monoisotopic (exact) mass is 309 g/mol. The number of carbonyl (C=O) groups is 1. The molecule has 1 heterocycles. The van der Waals surface area contributed by atoms with Crippen LogP contribution >= 0.6 is 15.9 Å². The largest absolute Gasteiger partial charge is 0.478 e. The Morgan fingerprint density at radius 1 is 1.22 bits per heavy atom. The van der Waals surface area contributed by atoms with Crippen molar-refractivity contribution in [2.24, 2.45) is 5.41 Å². The van der Waals surface area contributed by atoms with Gasteiger partial charge in [0.15, 0.2) is 0 Å². The lowest BCUT2D eigenvalue weighted by Crippen LogP contribution is -2.55. The predicted octanol–water partition coefficient (Wildman–Crippen LogP) is 3.53. The van der Waals surface area contributed by atoms with Gasteiger partial charge in [-0.1, -0.05) is 28.8 Å². The number of carboxylic acid groups (broad SMARTS) is 1. The lowest BCUT2D eigenvalue weighted by atomic mass is 9.78. The van der Waals surface area contributed by atoms with E-state index in [1.807, 2.05) is 6.07 Å². The summed E-state index contributed by atoms with van der Waals surface area (Å²) in [5.74, 6) is -0.867. The number of anilines is 1. The fourth-order valence-corrected chi connectivity index (χ4v) is 3.75. The quantitative estimate of drug-likeness (QED) is 0.908. The molecule has 0 unspecified atom stereocenters. The van der Waals surface area contributed by atoms with Crippen molar-refractivity contribution in [3.05, 3.63) is 28.2 Å². The summed E-state index contributed by atoms with van der Waals surface area (Å²) in [6, 6.07) is 5.43. The molecule has 0 amide bonds. The van der Waals surface area contributed by atoms with Gasteiger partial charge in [-0.25, -0.2) is 4.79 Å². The minimum atomic E-state index is -0.867. The van der Waals surface area contributed by atoms with E-state index in [0.29, 0.717) is 11.0 Å². The number of hydrogen-bond acceptors (Lipinski definition) is 2. The average Bonchev–Trinajstić information content (AvgIpc) is 2.75. The van der Waals surface area contributed by atoms with Crippen LogP contribution in [-0.2, 0) is 0 Å². The van der Waals surface area contributed by atoms with E-state index in [1.54, 1.807) is 12.1 Å². The maximum absolute atomic E-state index is 11.0. The van der Waals surface area contributed by atoms with Crippen molar-refractivity contribution in [1.82, 2.24) is 0 Å². The fraction of sp³-hybridized carbons (Fsp3) is 0.500. The number of carboxylic acids is 1. The molecule has 3 rings (SSSR count). The second-order valence-electron chi connectivity index (χ2n) is 5.57. The van der Waals surface area contributed by atoms with Crippen molar-refractivity contribution in [2.75, 3.05) is 18.0 Å². The lowest BCUT2D eigenvalue weighted by Gasteiger charge is -2.50. The molecule has 1 aliphatic carbocycles. The first-order valence-electron chi connectivity index (χ1n) is 6.37. The second-order valence-corrected chi connectivity index (χ2v) is 6.48. The van der Waals surface area contributed by atoms with Crippen molar-refractivity contribution in [3.63, 3.8) is 0 Å². The standard InChI is InChI=1S/C14H16BrNO2/c15-11-5-10(13(17)18)6-12(7-11)16-8-14(9-16)3-1-2-4-14/h5-7H,1-4,8-9H2,(H,17,18). The summed E-state index contributed by atoms with van der Waals surface area (Å²) in [6.45, 7) is 2.17. The van der Waals surface area contributed by atoms with Crippen LogP contribution in [0.3, 0.4) is 0 Å². The molecule has 1 aromatic carbocycles. The van der Waals surface area contributed by atoms with Crippen LogP contribution < -0.4 is 4.90 Å². The van der Waals surface area contributed by atoms with Crippen LogP contribution in [0.4, 0.5) is 5.69 Å². The van der Waals surface area contributed by atoms with Crippen LogP contribution in [-0.4, -0.2) is 24.2 Å². The number of aromatic carboxylic acids is 1. The predicted molar refractivity (Wildman–Crippen MR) is 74.2 cm³/mol. The molecule has 0 aromatic heterocycles. The topological polar surface area (TPSA) is 40.5 Å². The van der Waals surface area contributed by atoms with E-state index < -0.39 is 5.97 Å². The normalized spacial score (nSPS) is 21.1. The molecule has 4 heteroatoms. The van der Waals surface area contributed by atoms with Gasteiger partial charge in [0.25, 0.3) is 0 Å².